The Morgan fingerprint density at radius 2 is 1.88 bits per heavy atom. The molecule has 41 heavy (non-hydrogen) atoms. The lowest BCUT2D eigenvalue weighted by Crippen LogP contribution is -2.60. The molecule has 0 bridgehead atoms. The summed E-state index contributed by atoms with van der Waals surface area (Å²) in [5.41, 5.74) is 1.87. The number of alkyl halides is 1. The number of aliphatic hydroxyl groups excluding tert-OH is 2. The SMILES string of the molecule is CNC(=O)C[C@H](NC(=O)[C@@H]1C[C@@H](O)CN1C(=O)[C@@H](NC(O)C1(F)CC1)C(C)(C)C)c1ccc(-c2scnc2C)cc1. The van der Waals surface area contributed by atoms with Crippen molar-refractivity contribution in [1.29, 1.82) is 0 Å². The van der Waals surface area contributed by atoms with Crippen molar-refractivity contribution in [2.75, 3.05) is 13.6 Å². The van der Waals surface area contributed by atoms with Crippen molar-refractivity contribution in [2.24, 2.45) is 5.41 Å². The summed E-state index contributed by atoms with van der Waals surface area (Å²) >= 11 is 1.53. The van der Waals surface area contributed by atoms with E-state index in [-0.39, 0.29) is 38.1 Å². The lowest BCUT2D eigenvalue weighted by Gasteiger charge is -2.37. The number of likely N-dealkylation sites (tertiary alicyclic amines) is 1. The number of aryl methyl sites for hydroxylation is 1. The smallest absolute Gasteiger partial charge is 0.243 e. The molecule has 1 saturated heterocycles. The van der Waals surface area contributed by atoms with Crippen LogP contribution in [0.25, 0.3) is 10.4 Å². The van der Waals surface area contributed by atoms with Crippen molar-refractivity contribution in [3.8, 4) is 10.4 Å². The van der Waals surface area contributed by atoms with Crippen LogP contribution >= 0.6 is 11.3 Å². The summed E-state index contributed by atoms with van der Waals surface area (Å²) in [5.74, 6) is -1.29. The van der Waals surface area contributed by atoms with Gasteiger partial charge in [-0.2, -0.15) is 0 Å². The topological polar surface area (TPSA) is 144 Å². The van der Waals surface area contributed by atoms with Gasteiger partial charge in [0.2, 0.25) is 17.7 Å². The molecule has 2 aromatic rings. The third-order valence-electron chi connectivity index (χ3n) is 7.83. The minimum atomic E-state index is -1.77. The molecule has 0 spiro atoms. The van der Waals surface area contributed by atoms with Gasteiger partial charge >= 0.3 is 0 Å². The molecule has 1 aromatic heterocycles. The zero-order chi connectivity index (χ0) is 30.1. The molecule has 3 amide bonds. The Bertz CT molecular complexity index is 1260. The number of carbonyl (C=O) groups excluding carboxylic acids is 3. The number of amides is 3. The quantitative estimate of drug-likeness (QED) is 0.267. The van der Waals surface area contributed by atoms with Crippen molar-refractivity contribution >= 4 is 29.1 Å². The number of hydrogen-bond acceptors (Lipinski definition) is 8. The molecule has 1 aromatic carbocycles. The molecule has 1 saturated carbocycles. The van der Waals surface area contributed by atoms with Crippen molar-refractivity contribution in [3.05, 3.63) is 41.0 Å². The second-order valence-electron chi connectivity index (χ2n) is 12.1. The number of rotatable bonds is 10. The summed E-state index contributed by atoms with van der Waals surface area (Å²) in [4.78, 5) is 46.4. The van der Waals surface area contributed by atoms with Gasteiger partial charge in [0.15, 0.2) is 0 Å². The van der Waals surface area contributed by atoms with Gasteiger partial charge in [0.25, 0.3) is 0 Å². The van der Waals surface area contributed by atoms with Crippen LogP contribution < -0.4 is 16.0 Å². The number of β-amino-alcohol motifs (C(OH)–C–C–N with tert-alkyl or cyclic N) is 1. The van der Waals surface area contributed by atoms with E-state index in [1.54, 1.807) is 26.3 Å². The van der Waals surface area contributed by atoms with E-state index in [4.69, 9.17) is 0 Å². The Labute approximate surface area is 243 Å². The van der Waals surface area contributed by atoms with Gasteiger partial charge in [-0.25, -0.2) is 9.37 Å². The highest BCUT2D eigenvalue weighted by Gasteiger charge is 2.53. The Morgan fingerprint density at radius 1 is 1.22 bits per heavy atom. The second-order valence-corrected chi connectivity index (χ2v) is 13.0. The first-order valence-corrected chi connectivity index (χ1v) is 14.7. The highest BCUT2D eigenvalue weighted by molar-refractivity contribution is 7.13. The lowest BCUT2D eigenvalue weighted by molar-refractivity contribution is -0.144. The molecule has 2 aliphatic rings. The molecular weight excluding hydrogens is 549 g/mol. The molecule has 0 radical (unpaired) electrons. The number of benzene rings is 1. The Balaban J connectivity index is 1.54. The zero-order valence-electron chi connectivity index (χ0n) is 24.1. The van der Waals surface area contributed by atoms with Crippen LogP contribution in [0.4, 0.5) is 4.39 Å². The van der Waals surface area contributed by atoms with Crippen molar-refractivity contribution in [2.45, 2.75) is 89.5 Å². The molecule has 1 unspecified atom stereocenters. The van der Waals surface area contributed by atoms with Crippen LogP contribution in [0.1, 0.15) is 63.8 Å². The maximum Gasteiger partial charge on any atom is 0.243 e. The minimum absolute atomic E-state index is 0.0142. The molecule has 5 atom stereocenters. The molecule has 4 rings (SSSR count). The monoisotopic (exact) mass is 589 g/mol. The standard InChI is InChI=1S/C29H40FN5O5S/c1-16-23(41-15-32-16)18-8-6-17(7-9-18)20(13-22(37)31-5)33-25(38)21-12-19(36)14-35(21)26(39)24(28(2,3)4)34-27(40)29(30)10-11-29/h6-9,15,19-21,24,27,34,36,40H,10-14H2,1-5H3,(H,31,37)(H,33,38)/t19-,20+,21+,24-,27?/m1/s1. The van der Waals surface area contributed by atoms with E-state index in [2.05, 4.69) is 20.9 Å². The fourth-order valence-electron chi connectivity index (χ4n) is 5.12. The van der Waals surface area contributed by atoms with Gasteiger partial charge < -0.3 is 25.7 Å². The van der Waals surface area contributed by atoms with Gasteiger partial charge in [0.1, 0.15) is 17.9 Å². The molecule has 224 valence electrons. The summed E-state index contributed by atoms with van der Waals surface area (Å²) in [7, 11) is 1.52. The summed E-state index contributed by atoms with van der Waals surface area (Å²) in [5, 5.41) is 29.2. The number of carbonyl (C=O) groups is 3. The molecule has 10 nitrogen and oxygen atoms in total. The van der Waals surface area contributed by atoms with Crippen LogP contribution in [0.15, 0.2) is 29.8 Å². The molecule has 12 heteroatoms. The van der Waals surface area contributed by atoms with Gasteiger partial charge in [-0.1, -0.05) is 45.0 Å². The van der Waals surface area contributed by atoms with Gasteiger partial charge in [-0.05, 0) is 36.3 Å². The fraction of sp³-hybridized carbons (Fsp3) is 0.586. The van der Waals surface area contributed by atoms with Gasteiger partial charge in [0.05, 0.1) is 40.7 Å². The first-order valence-electron chi connectivity index (χ1n) is 13.9. The van der Waals surface area contributed by atoms with E-state index in [1.807, 2.05) is 31.2 Å². The number of halogens is 1. The average molecular weight is 590 g/mol. The molecular formula is C29H40FN5O5S. The van der Waals surface area contributed by atoms with Crippen molar-refractivity contribution in [1.82, 2.24) is 25.8 Å². The van der Waals surface area contributed by atoms with E-state index >= 15 is 0 Å². The number of aliphatic hydroxyl groups is 2. The molecule has 5 N–H and O–H groups in total. The van der Waals surface area contributed by atoms with E-state index < -0.39 is 53.4 Å². The summed E-state index contributed by atoms with van der Waals surface area (Å²) in [6.45, 7) is 7.20. The van der Waals surface area contributed by atoms with Crippen LogP contribution in [0.5, 0.6) is 0 Å². The van der Waals surface area contributed by atoms with Gasteiger partial charge in [0, 0.05) is 20.0 Å². The van der Waals surface area contributed by atoms with Crippen molar-refractivity contribution in [3.63, 3.8) is 0 Å². The lowest BCUT2D eigenvalue weighted by atomic mass is 9.85. The van der Waals surface area contributed by atoms with Crippen LogP contribution in [-0.2, 0) is 14.4 Å². The van der Waals surface area contributed by atoms with E-state index in [0.717, 1.165) is 16.1 Å². The van der Waals surface area contributed by atoms with E-state index in [0.29, 0.717) is 5.56 Å². The predicted octanol–water partition coefficient (Wildman–Crippen LogP) is 2.20. The number of aromatic nitrogens is 1. The van der Waals surface area contributed by atoms with Crippen LogP contribution in [0.2, 0.25) is 0 Å². The van der Waals surface area contributed by atoms with Crippen molar-refractivity contribution < 1.29 is 29.0 Å². The van der Waals surface area contributed by atoms with Gasteiger partial charge in [-0.15, -0.1) is 11.3 Å². The maximum atomic E-state index is 14.5. The Morgan fingerprint density at radius 3 is 2.41 bits per heavy atom. The van der Waals surface area contributed by atoms with Crippen LogP contribution in [-0.4, -0.2) is 81.5 Å². The zero-order valence-corrected chi connectivity index (χ0v) is 24.9. The highest BCUT2D eigenvalue weighted by atomic mass is 32.1. The van der Waals surface area contributed by atoms with Gasteiger partial charge in [-0.3, -0.25) is 19.7 Å². The van der Waals surface area contributed by atoms with E-state index in [1.165, 1.54) is 23.3 Å². The molecule has 2 fully saturated rings. The van der Waals surface area contributed by atoms with Crippen LogP contribution in [0, 0.1) is 12.3 Å². The average Bonchev–Trinajstić information content (AvgIpc) is 3.33. The number of nitrogens with zero attached hydrogens (tertiary/aromatic N) is 2. The summed E-state index contributed by atoms with van der Waals surface area (Å²) < 4.78 is 14.5. The normalized spacial score (nSPS) is 22.1. The van der Waals surface area contributed by atoms with Crippen LogP contribution in [0.3, 0.4) is 0 Å². The molecule has 1 aliphatic carbocycles. The largest absolute Gasteiger partial charge is 0.391 e. The summed E-state index contributed by atoms with van der Waals surface area (Å²) in [6, 6.07) is 4.82. The second kappa shape index (κ2) is 12.1. The highest BCUT2D eigenvalue weighted by Crippen LogP contribution is 2.43. The predicted molar refractivity (Wildman–Crippen MR) is 153 cm³/mol. The molecule has 1 aliphatic heterocycles. The number of hydrogen-bond donors (Lipinski definition) is 5. The number of thiazole rings is 1. The maximum absolute atomic E-state index is 14.5. The fourth-order valence-corrected chi connectivity index (χ4v) is 5.93. The third-order valence-corrected chi connectivity index (χ3v) is 8.80. The Hall–Kier alpha value is -2.93. The number of nitrogens with one attached hydrogen (secondary N) is 3. The first kappa shape index (κ1) is 31.0. The molecule has 2 heterocycles. The third kappa shape index (κ3) is 7.11. The van der Waals surface area contributed by atoms with E-state index in [9.17, 15) is 29.0 Å². The Kier molecular flexibility index (Phi) is 9.17. The minimum Gasteiger partial charge on any atom is -0.391 e. The first-order chi connectivity index (χ1) is 19.2. The summed E-state index contributed by atoms with van der Waals surface area (Å²) in [6.07, 6.45) is -2.06.